The second-order valence-electron chi connectivity index (χ2n) is 5.60. The van der Waals surface area contributed by atoms with E-state index in [1.54, 1.807) is 0 Å². The van der Waals surface area contributed by atoms with E-state index in [0.29, 0.717) is 6.42 Å². The number of aliphatic hydroxyl groups is 1. The van der Waals surface area contributed by atoms with Crippen LogP contribution in [0, 0.1) is 5.82 Å². The molecule has 144 valence electrons. The van der Waals surface area contributed by atoms with Crippen molar-refractivity contribution in [1.29, 1.82) is 0 Å². The summed E-state index contributed by atoms with van der Waals surface area (Å²) >= 11 is 6.85. The molecule has 0 aliphatic heterocycles. The van der Waals surface area contributed by atoms with Crippen molar-refractivity contribution in [3.8, 4) is 0 Å². The van der Waals surface area contributed by atoms with Crippen LogP contribution in [0.15, 0.2) is 26.9 Å². The van der Waals surface area contributed by atoms with Gasteiger partial charge in [0.2, 0.25) is 5.91 Å². The Kier molecular flexibility index (Phi) is 6.14. The number of aromatic nitrogens is 2. The molecular weight excluding hydrogens is 401 g/mol. The molecule has 12 heteroatoms. The van der Waals surface area contributed by atoms with Gasteiger partial charge in [0, 0.05) is 6.54 Å². The molecule has 27 heavy (non-hydrogen) atoms. The summed E-state index contributed by atoms with van der Waals surface area (Å²) in [6.07, 6.45) is 0.514. The third kappa shape index (κ3) is 4.31. The first kappa shape index (κ1) is 19.4. The van der Waals surface area contributed by atoms with E-state index >= 15 is 0 Å². The Bertz CT molecular complexity index is 878. The lowest BCUT2D eigenvalue weighted by Gasteiger charge is -2.31. The van der Waals surface area contributed by atoms with E-state index in [2.05, 4.69) is 30.7 Å². The van der Waals surface area contributed by atoms with Crippen molar-refractivity contribution >= 4 is 35.1 Å². The third-order valence-electron chi connectivity index (χ3n) is 3.85. The summed E-state index contributed by atoms with van der Waals surface area (Å²) in [5.41, 5.74) is 1.73. The van der Waals surface area contributed by atoms with Gasteiger partial charge < -0.3 is 20.9 Å². The van der Waals surface area contributed by atoms with Crippen molar-refractivity contribution < 1.29 is 24.1 Å². The van der Waals surface area contributed by atoms with Gasteiger partial charge in [0.15, 0.2) is 16.6 Å². The van der Waals surface area contributed by atoms with Crippen LogP contribution >= 0.6 is 23.4 Å². The van der Waals surface area contributed by atoms with Gasteiger partial charge in [-0.25, -0.2) is 9.02 Å². The number of halogens is 2. The number of oxime groups is 1. The maximum absolute atomic E-state index is 13.5. The first-order valence-electron chi connectivity index (χ1n) is 7.83. The van der Waals surface area contributed by atoms with Crippen LogP contribution in [0.25, 0.3) is 0 Å². The first-order valence-corrected chi connectivity index (χ1v) is 9.19. The number of amidine groups is 1. The molecule has 2 aromatic rings. The molecule has 1 atom stereocenters. The molecule has 9 nitrogen and oxygen atoms in total. The SMILES string of the molecule is O=C(CSc1nonc1/C(=N/O)NC1Cc2cc(F)c(Cl)cc21)NCCO. The molecule has 0 saturated heterocycles. The van der Waals surface area contributed by atoms with Crippen molar-refractivity contribution in [2.45, 2.75) is 17.5 Å². The zero-order valence-electron chi connectivity index (χ0n) is 13.8. The average Bonchev–Trinajstić information content (AvgIpc) is 3.12. The Morgan fingerprint density at radius 2 is 2.30 bits per heavy atom. The summed E-state index contributed by atoms with van der Waals surface area (Å²) in [4.78, 5) is 11.6. The van der Waals surface area contributed by atoms with Gasteiger partial charge in [-0.2, -0.15) is 0 Å². The summed E-state index contributed by atoms with van der Waals surface area (Å²) in [6.45, 7) is -0.00630. The molecule has 1 aromatic carbocycles. The first-order chi connectivity index (χ1) is 13.0. The molecule has 1 amide bonds. The predicted molar refractivity (Wildman–Crippen MR) is 94.4 cm³/mol. The van der Waals surface area contributed by atoms with Gasteiger partial charge in [-0.3, -0.25) is 4.79 Å². The van der Waals surface area contributed by atoms with Crippen LogP contribution in [0.1, 0.15) is 22.9 Å². The molecule has 4 N–H and O–H groups in total. The minimum absolute atomic E-state index is 0.00520. The van der Waals surface area contributed by atoms with Gasteiger partial charge in [-0.1, -0.05) is 28.5 Å². The molecular formula is C15H15ClFN5O4S. The fraction of sp³-hybridized carbons (Fsp3) is 0.333. The standard InChI is InChI=1S/C15H15ClFN5O4S/c16-9-5-8-7(3-10(9)17)4-11(8)19-14(20-25)13-15(22-26-21-13)27-6-12(24)18-1-2-23/h3,5,11,23,25H,1-2,4,6H2,(H,18,24)(H,19,20). The van der Waals surface area contributed by atoms with Crippen molar-refractivity contribution in [1.82, 2.24) is 20.9 Å². The minimum Gasteiger partial charge on any atom is -0.409 e. The van der Waals surface area contributed by atoms with Crippen molar-refractivity contribution in [2.75, 3.05) is 18.9 Å². The molecule has 0 radical (unpaired) electrons. The molecule has 1 aliphatic rings. The highest BCUT2D eigenvalue weighted by Gasteiger charge is 2.30. The topological polar surface area (TPSA) is 133 Å². The Balaban J connectivity index is 1.66. The van der Waals surface area contributed by atoms with Crippen LogP contribution < -0.4 is 10.6 Å². The van der Waals surface area contributed by atoms with Crippen molar-refractivity contribution in [2.24, 2.45) is 5.16 Å². The lowest BCUT2D eigenvalue weighted by Crippen LogP contribution is -2.37. The summed E-state index contributed by atoms with van der Waals surface area (Å²) in [7, 11) is 0. The van der Waals surface area contributed by atoms with Gasteiger partial charge >= 0.3 is 0 Å². The maximum Gasteiger partial charge on any atom is 0.230 e. The van der Waals surface area contributed by atoms with Gasteiger partial charge in [-0.05, 0) is 40.0 Å². The number of amides is 1. The van der Waals surface area contributed by atoms with Crippen LogP contribution in [0.4, 0.5) is 4.39 Å². The van der Waals surface area contributed by atoms with Crippen molar-refractivity contribution in [3.05, 3.63) is 39.8 Å². The molecule has 3 rings (SSSR count). The molecule has 0 bridgehead atoms. The largest absolute Gasteiger partial charge is 0.409 e. The van der Waals surface area contributed by atoms with Crippen LogP contribution in [-0.2, 0) is 11.2 Å². The average molecular weight is 416 g/mol. The van der Waals surface area contributed by atoms with Crippen molar-refractivity contribution in [3.63, 3.8) is 0 Å². The highest BCUT2D eigenvalue weighted by atomic mass is 35.5. The highest BCUT2D eigenvalue weighted by molar-refractivity contribution is 8.00. The van der Waals surface area contributed by atoms with Gasteiger partial charge in [0.25, 0.3) is 0 Å². The normalized spacial score (nSPS) is 15.8. The molecule has 1 aliphatic carbocycles. The Morgan fingerprint density at radius 3 is 3.04 bits per heavy atom. The van der Waals surface area contributed by atoms with Gasteiger partial charge in [0.1, 0.15) is 5.82 Å². The fourth-order valence-corrected chi connectivity index (χ4v) is 3.44. The van der Waals surface area contributed by atoms with E-state index in [9.17, 15) is 14.4 Å². The number of carbonyl (C=O) groups excluding carboxylic acids is 1. The van der Waals surface area contributed by atoms with E-state index in [0.717, 1.165) is 22.9 Å². The Hall–Kier alpha value is -2.37. The zero-order valence-corrected chi connectivity index (χ0v) is 15.3. The number of hydrogen-bond acceptors (Lipinski definition) is 8. The van der Waals surface area contributed by atoms with E-state index in [-0.39, 0.29) is 52.4 Å². The lowest BCUT2D eigenvalue weighted by molar-refractivity contribution is -0.118. The van der Waals surface area contributed by atoms with E-state index < -0.39 is 5.82 Å². The monoisotopic (exact) mass is 415 g/mol. The number of fused-ring (bicyclic) bond motifs is 1. The van der Waals surface area contributed by atoms with Crippen LogP contribution in [0.3, 0.4) is 0 Å². The lowest BCUT2D eigenvalue weighted by atomic mass is 9.83. The Labute approximate surface area is 161 Å². The number of thioether (sulfide) groups is 1. The molecule has 0 fully saturated rings. The second kappa shape index (κ2) is 8.55. The van der Waals surface area contributed by atoms with E-state index in [1.807, 2.05) is 0 Å². The molecule has 1 heterocycles. The summed E-state index contributed by atoms with van der Waals surface area (Å²) < 4.78 is 18.1. The zero-order chi connectivity index (χ0) is 19.4. The third-order valence-corrected chi connectivity index (χ3v) is 5.09. The van der Waals surface area contributed by atoms with Gasteiger partial charge in [0.05, 0.1) is 23.4 Å². The number of aliphatic hydroxyl groups excluding tert-OH is 1. The predicted octanol–water partition coefficient (Wildman–Crippen LogP) is 1.09. The number of nitrogens with zero attached hydrogens (tertiary/aromatic N) is 3. The smallest absolute Gasteiger partial charge is 0.230 e. The quantitative estimate of drug-likeness (QED) is 0.174. The molecule has 0 spiro atoms. The Morgan fingerprint density at radius 1 is 1.48 bits per heavy atom. The van der Waals surface area contributed by atoms with E-state index in [1.165, 1.54) is 12.1 Å². The fourth-order valence-electron chi connectivity index (χ4n) is 2.54. The maximum atomic E-state index is 13.5. The van der Waals surface area contributed by atoms with E-state index in [4.69, 9.17) is 16.7 Å². The second-order valence-corrected chi connectivity index (χ2v) is 6.97. The number of benzene rings is 1. The number of hydrogen-bond donors (Lipinski definition) is 4. The minimum atomic E-state index is -0.483. The van der Waals surface area contributed by atoms with Crippen LogP contribution in [0.5, 0.6) is 0 Å². The number of rotatable bonds is 7. The summed E-state index contributed by atoms with van der Waals surface area (Å²) in [5.74, 6) is -0.765. The molecule has 1 aromatic heterocycles. The molecule has 0 saturated carbocycles. The van der Waals surface area contributed by atoms with Crippen LogP contribution in [0.2, 0.25) is 5.02 Å². The number of nitrogens with one attached hydrogen (secondary N) is 2. The number of carbonyl (C=O) groups is 1. The molecule has 1 unspecified atom stereocenters. The summed E-state index contributed by atoms with van der Waals surface area (Å²) in [6, 6.07) is 2.64. The summed E-state index contributed by atoms with van der Waals surface area (Å²) in [5, 5.41) is 34.4. The van der Waals surface area contributed by atoms with Crippen LogP contribution in [-0.4, -0.2) is 51.3 Å². The van der Waals surface area contributed by atoms with Gasteiger partial charge in [-0.15, -0.1) is 0 Å². The highest BCUT2D eigenvalue weighted by Crippen LogP contribution is 2.36.